The number of nitrogens with zero attached hydrogens (tertiary/aromatic N) is 1. The van der Waals surface area contributed by atoms with Crippen LogP contribution in [0.1, 0.15) is 32.1 Å². The molecule has 2 heterocycles. The van der Waals surface area contributed by atoms with Crippen LogP contribution in [-0.4, -0.2) is 42.7 Å². The fraction of sp³-hybridized carbons (Fsp3) is 0.588. The lowest BCUT2D eigenvalue weighted by atomic mass is 10.1. The first-order valence-electron chi connectivity index (χ1n) is 7.93. The van der Waals surface area contributed by atoms with Crippen LogP contribution in [0, 0.1) is 0 Å². The summed E-state index contributed by atoms with van der Waals surface area (Å²) in [4.78, 5) is 14.4. The third-order valence-corrected chi connectivity index (χ3v) is 4.34. The summed E-state index contributed by atoms with van der Waals surface area (Å²) >= 11 is 0. The van der Waals surface area contributed by atoms with Gasteiger partial charge in [0.15, 0.2) is 0 Å². The van der Waals surface area contributed by atoms with Gasteiger partial charge in [0.05, 0.1) is 25.2 Å². The van der Waals surface area contributed by atoms with Gasteiger partial charge in [-0.2, -0.15) is 0 Å². The quantitative estimate of drug-likeness (QED) is 0.836. The zero-order chi connectivity index (χ0) is 14.5. The molecule has 21 heavy (non-hydrogen) atoms. The van der Waals surface area contributed by atoms with Gasteiger partial charge in [-0.25, -0.2) is 0 Å². The van der Waals surface area contributed by atoms with Crippen molar-refractivity contribution < 1.29 is 14.3 Å². The maximum absolute atomic E-state index is 12.4. The van der Waals surface area contributed by atoms with Crippen LogP contribution in [0.25, 0.3) is 0 Å². The molecule has 2 saturated heterocycles. The number of carbonyl (C=O) groups is 1. The van der Waals surface area contributed by atoms with E-state index in [4.69, 9.17) is 9.47 Å². The second-order valence-corrected chi connectivity index (χ2v) is 5.76. The lowest BCUT2D eigenvalue weighted by molar-refractivity contribution is -0.134. The van der Waals surface area contributed by atoms with E-state index in [0.29, 0.717) is 13.0 Å². The summed E-state index contributed by atoms with van der Waals surface area (Å²) in [6.07, 6.45) is 5.09. The van der Waals surface area contributed by atoms with E-state index in [1.165, 1.54) is 0 Å². The molecule has 2 atom stereocenters. The van der Waals surface area contributed by atoms with Gasteiger partial charge in [0, 0.05) is 13.2 Å². The number of ether oxygens (including phenoxy) is 2. The number of likely N-dealkylation sites (tertiary alicyclic amines) is 1. The van der Waals surface area contributed by atoms with Crippen LogP contribution < -0.4 is 4.74 Å². The molecule has 0 spiro atoms. The predicted molar refractivity (Wildman–Crippen MR) is 80.3 cm³/mol. The van der Waals surface area contributed by atoms with Gasteiger partial charge >= 0.3 is 0 Å². The molecule has 0 aromatic heterocycles. The monoisotopic (exact) mass is 289 g/mol. The maximum atomic E-state index is 12.4. The third kappa shape index (κ3) is 3.56. The first kappa shape index (κ1) is 14.4. The van der Waals surface area contributed by atoms with Crippen molar-refractivity contribution >= 4 is 5.91 Å². The molecule has 2 aliphatic rings. The standard InChI is InChI=1S/C17H23NO3/c19-17(10-13-20-14-6-2-1-3-7-14)18-11-4-8-15(18)16-9-5-12-21-16/h1-3,6-7,15-16H,4-5,8-13H2/t15-,16+/m0/s1. The van der Waals surface area contributed by atoms with E-state index in [1.54, 1.807) is 0 Å². The zero-order valence-corrected chi connectivity index (χ0v) is 12.4. The molecule has 1 amide bonds. The van der Waals surface area contributed by atoms with Crippen LogP contribution in [0.4, 0.5) is 0 Å². The molecular weight excluding hydrogens is 266 g/mol. The van der Waals surface area contributed by atoms with E-state index in [-0.39, 0.29) is 18.1 Å². The summed E-state index contributed by atoms with van der Waals surface area (Å²) in [7, 11) is 0. The predicted octanol–water partition coefficient (Wildman–Crippen LogP) is 2.63. The molecule has 0 radical (unpaired) electrons. The molecule has 0 saturated carbocycles. The minimum Gasteiger partial charge on any atom is -0.493 e. The second-order valence-electron chi connectivity index (χ2n) is 5.76. The Morgan fingerprint density at radius 1 is 1.24 bits per heavy atom. The number of amides is 1. The van der Waals surface area contributed by atoms with E-state index in [0.717, 1.165) is 44.6 Å². The molecule has 1 aromatic carbocycles. The molecule has 3 rings (SSSR count). The molecule has 114 valence electrons. The topological polar surface area (TPSA) is 38.8 Å². The third-order valence-electron chi connectivity index (χ3n) is 4.34. The molecule has 1 aromatic rings. The first-order chi connectivity index (χ1) is 10.3. The Hall–Kier alpha value is -1.55. The van der Waals surface area contributed by atoms with Gasteiger partial charge in [-0.3, -0.25) is 4.79 Å². The van der Waals surface area contributed by atoms with Crippen molar-refractivity contribution in [1.29, 1.82) is 0 Å². The lowest BCUT2D eigenvalue weighted by Crippen LogP contribution is -2.42. The van der Waals surface area contributed by atoms with E-state index >= 15 is 0 Å². The van der Waals surface area contributed by atoms with Crippen LogP contribution in [0.5, 0.6) is 5.75 Å². The van der Waals surface area contributed by atoms with E-state index in [2.05, 4.69) is 0 Å². The summed E-state index contributed by atoms with van der Waals surface area (Å²) in [5, 5.41) is 0. The van der Waals surface area contributed by atoms with Crippen LogP contribution in [0.15, 0.2) is 30.3 Å². The van der Waals surface area contributed by atoms with Crippen LogP contribution in [0.3, 0.4) is 0 Å². The van der Waals surface area contributed by atoms with Crippen LogP contribution in [0.2, 0.25) is 0 Å². The average Bonchev–Trinajstić information content (AvgIpc) is 3.19. The van der Waals surface area contributed by atoms with Gasteiger partial charge in [0.25, 0.3) is 0 Å². The maximum Gasteiger partial charge on any atom is 0.226 e. The molecule has 0 N–H and O–H groups in total. The van der Waals surface area contributed by atoms with Crippen molar-refractivity contribution in [2.45, 2.75) is 44.2 Å². The molecule has 4 heteroatoms. The lowest BCUT2D eigenvalue weighted by Gasteiger charge is -2.29. The first-order valence-corrected chi connectivity index (χ1v) is 7.93. The number of rotatable bonds is 5. The van der Waals surface area contributed by atoms with Crippen molar-refractivity contribution in [3.05, 3.63) is 30.3 Å². The molecule has 0 unspecified atom stereocenters. The highest BCUT2D eigenvalue weighted by Crippen LogP contribution is 2.28. The minimum absolute atomic E-state index is 0.198. The van der Waals surface area contributed by atoms with Crippen molar-refractivity contribution in [2.75, 3.05) is 19.8 Å². The van der Waals surface area contributed by atoms with Gasteiger partial charge in [-0.1, -0.05) is 18.2 Å². The van der Waals surface area contributed by atoms with E-state index < -0.39 is 0 Å². The van der Waals surface area contributed by atoms with Crippen LogP contribution in [-0.2, 0) is 9.53 Å². The average molecular weight is 289 g/mol. The fourth-order valence-electron chi connectivity index (χ4n) is 3.31. The Morgan fingerprint density at radius 3 is 2.86 bits per heavy atom. The second kappa shape index (κ2) is 6.94. The van der Waals surface area contributed by atoms with Gasteiger partial charge in [0.1, 0.15) is 5.75 Å². The number of benzene rings is 1. The van der Waals surface area contributed by atoms with Crippen molar-refractivity contribution in [3.63, 3.8) is 0 Å². The summed E-state index contributed by atoms with van der Waals surface area (Å²) in [5.41, 5.74) is 0. The summed E-state index contributed by atoms with van der Waals surface area (Å²) in [6, 6.07) is 9.94. The Labute approximate surface area is 126 Å². The number of para-hydroxylation sites is 1. The van der Waals surface area contributed by atoms with E-state index in [9.17, 15) is 4.79 Å². The number of carbonyl (C=O) groups excluding carboxylic acids is 1. The molecule has 0 aliphatic carbocycles. The highest BCUT2D eigenvalue weighted by molar-refractivity contribution is 5.77. The Balaban J connectivity index is 1.48. The SMILES string of the molecule is O=C(CCOc1ccccc1)N1CCC[C@H]1[C@H]1CCCO1. The van der Waals surface area contributed by atoms with Crippen molar-refractivity contribution in [3.8, 4) is 5.75 Å². The van der Waals surface area contributed by atoms with Gasteiger partial charge in [-0.15, -0.1) is 0 Å². The molecule has 2 aliphatic heterocycles. The Kier molecular flexibility index (Phi) is 4.76. The van der Waals surface area contributed by atoms with Gasteiger partial charge in [0.2, 0.25) is 5.91 Å². The smallest absolute Gasteiger partial charge is 0.226 e. The van der Waals surface area contributed by atoms with Crippen LogP contribution >= 0.6 is 0 Å². The minimum atomic E-state index is 0.198. The highest BCUT2D eigenvalue weighted by atomic mass is 16.5. The largest absolute Gasteiger partial charge is 0.493 e. The normalized spacial score (nSPS) is 25.2. The van der Waals surface area contributed by atoms with Gasteiger partial charge in [-0.05, 0) is 37.8 Å². The molecule has 0 bridgehead atoms. The van der Waals surface area contributed by atoms with Gasteiger partial charge < -0.3 is 14.4 Å². The summed E-state index contributed by atoms with van der Waals surface area (Å²) in [5.74, 6) is 1.02. The highest BCUT2D eigenvalue weighted by Gasteiger charge is 2.36. The fourth-order valence-corrected chi connectivity index (χ4v) is 3.31. The summed E-state index contributed by atoms with van der Waals surface area (Å²) in [6.45, 7) is 2.16. The molecule has 2 fully saturated rings. The number of hydrogen-bond donors (Lipinski definition) is 0. The molecule has 4 nitrogen and oxygen atoms in total. The Morgan fingerprint density at radius 2 is 2.10 bits per heavy atom. The number of hydrogen-bond acceptors (Lipinski definition) is 3. The van der Waals surface area contributed by atoms with E-state index in [1.807, 2.05) is 35.2 Å². The zero-order valence-electron chi connectivity index (χ0n) is 12.4. The summed E-state index contributed by atoms with van der Waals surface area (Å²) < 4.78 is 11.4. The Bertz CT molecular complexity index is 456. The van der Waals surface area contributed by atoms with Crippen molar-refractivity contribution in [2.24, 2.45) is 0 Å². The van der Waals surface area contributed by atoms with Crippen molar-refractivity contribution in [1.82, 2.24) is 4.90 Å². The molecular formula is C17H23NO3.